The molecule has 0 rings (SSSR count). The number of hydrogen-bond donors (Lipinski definition) is 1. The van der Waals surface area contributed by atoms with Crippen molar-refractivity contribution in [3.8, 4) is 0 Å². The van der Waals surface area contributed by atoms with Gasteiger partial charge in [-0.15, -0.1) is 5.01 Å². The average molecular weight is 291 g/mol. The lowest BCUT2D eigenvalue weighted by Crippen LogP contribution is -2.35. The Hall–Kier alpha value is -2.06. The molecule has 0 spiro atoms. The number of carbonyl (C=O) groups excluding carboxylic acids is 1. The van der Waals surface area contributed by atoms with E-state index in [2.05, 4.69) is 5.28 Å². The molecule has 0 aliphatic carbocycles. The molecule has 1 unspecified atom stereocenters. The number of esters is 1. The van der Waals surface area contributed by atoms with Crippen molar-refractivity contribution in [1.82, 2.24) is 5.01 Å². The molecule has 1 atom stereocenters. The van der Waals surface area contributed by atoms with Gasteiger partial charge >= 0.3 is 11.9 Å². The van der Waals surface area contributed by atoms with Gasteiger partial charge in [0, 0.05) is 6.92 Å². The molecular formula is C11H21N3O6. The number of hydrogen-bond acceptors (Lipinski definition) is 6. The predicted molar refractivity (Wildman–Crippen MR) is 67.0 cm³/mol. The molecule has 0 amide bonds. The van der Waals surface area contributed by atoms with Crippen LogP contribution in [0, 0.1) is 10.6 Å². The summed E-state index contributed by atoms with van der Waals surface area (Å²) >= 11 is 0. The van der Waals surface area contributed by atoms with Crippen LogP contribution in [0.4, 0.5) is 0 Å². The number of aliphatic carboxylic acids is 1. The summed E-state index contributed by atoms with van der Waals surface area (Å²) in [6.07, 6.45) is -1.05. The molecule has 0 aliphatic rings. The molecule has 0 aromatic heterocycles. The molecule has 0 bridgehead atoms. The van der Waals surface area contributed by atoms with Crippen LogP contribution in [0.2, 0.25) is 0 Å². The van der Waals surface area contributed by atoms with Gasteiger partial charge in [-0.25, -0.2) is 0 Å². The molecule has 9 nitrogen and oxygen atoms in total. The predicted octanol–water partition coefficient (Wildman–Crippen LogP) is 1.14. The number of ether oxygens (including phenoxy) is 1. The van der Waals surface area contributed by atoms with Crippen molar-refractivity contribution in [3.05, 3.63) is 5.21 Å². The van der Waals surface area contributed by atoms with E-state index in [0.717, 1.165) is 5.01 Å². The van der Waals surface area contributed by atoms with Crippen LogP contribution in [0.5, 0.6) is 0 Å². The molecule has 0 radical (unpaired) electrons. The van der Waals surface area contributed by atoms with Gasteiger partial charge < -0.3 is 15.1 Å². The zero-order valence-electron chi connectivity index (χ0n) is 12.3. The molecule has 0 saturated carbocycles. The van der Waals surface area contributed by atoms with Gasteiger partial charge in [-0.3, -0.25) is 14.4 Å². The molecular weight excluding hydrogens is 270 g/mol. The lowest BCUT2D eigenvalue weighted by molar-refractivity contribution is -0.710. The van der Waals surface area contributed by atoms with Crippen molar-refractivity contribution in [1.29, 1.82) is 0 Å². The summed E-state index contributed by atoms with van der Waals surface area (Å²) in [6.45, 7) is 7.63. The maximum absolute atomic E-state index is 11.5. The molecule has 0 fully saturated rings. The lowest BCUT2D eigenvalue weighted by atomic mass is 9.97. The number of carbonyl (C=O) groups is 2. The first kappa shape index (κ1) is 17.9. The van der Waals surface area contributed by atoms with Crippen LogP contribution in [0.3, 0.4) is 0 Å². The Bertz CT molecular complexity index is 377. The second-order valence-corrected chi connectivity index (χ2v) is 5.04. The zero-order valence-corrected chi connectivity index (χ0v) is 12.3. The third-order valence-electron chi connectivity index (χ3n) is 2.08. The Morgan fingerprint density at radius 3 is 2.40 bits per heavy atom. The second kappa shape index (κ2) is 7.51. The van der Waals surface area contributed by atoms with E-state index in [1.54, 1.807) is 27.7 Å². The third kappa shape index (κ3) is 6.76. The van der Waals surface area contributed by atoms with Crippen molar-refractivity contribution >= 4 is 11.9 Å². The summed E-state index contributed by atoms with van der Waals surface area (Å²) < 4.78 is 4.90. The van der Waals surface area contributed by atoms with Gasteiger partial charge in [0.15, 0.2) is 6.54 Å². The fraction of sp³-hybridized carbons (Fsp3) is 0.818. The maximum Gasteiger partial charge on any atom is 0.329 e. The summed E-state index contributed by atoms with van der Waals surface area (Å²) in [5, 5.41) is 24.1. The Labute approximate surface area is 117 Å². The van der Waals surface area contributed by atoms with E-state index in [1.165, 1.54) is 6.92 Å². The Morgan fingerprint density at radius 2 is 2.00 bits per heavy atom. The van der Waals surface area contributed by atoms with E-state index in [-0.39, 0.29) is 11.5 Å². The molecule has 1 N–H and O–H groups in total. The van der Waals surface area contributed by atoms with Crippen LogP contribution in [0.15, 0.2) is 5.28 Å². The number of carboxylic acid groups (broad SMARTS) is 1. The fourth-order valence-corrected chi connectivity index (χ4v) is 0.957. The number of likely N-dealkylation sites (N-methyl/N-ethyl adjacent to an activating group) is 1. The summed E-state index contributed by atoms with van der Waals surface area (Å²) in [5.74, 6) is -1.68. The van der Waals surface area contributed by atoms with Crippen LogP contribution < -0.4 is 0 Å². The summed E-state index contributed by atoms with van der Waals surface area (Å²) in [6, 6.07) is 0. The average Bonchev–Trinajstić information content (AvgIpc) is 2.31. The third-order valence-corrected chi connectivity index (χ3v) is 2.08. The lowest BCUT2D eigenvalue weighted by Gasteiger charge is -2.19. The van der Waals surface area contributed by atoms with Crippen molar-refractivity contribution < 1.29 is 29.2 Å². The molecule has 0 aromatic rings. The highest BCUT2D eigenvalue weighted by molar-refractivity contribution is 5.75. The quantitative estimate of drug-likeness (QED) is 0.246. The van der Waals surface area contributed by atoms with Crippen LogP contribution >= 0.6 is 0 Å². The number of hydrazine groups is 1. The van der Waals surface area contributed by atoms with Crippen molar-refractivity contribution in [2.24, 2.45) is 10.7 Å². The topological polar surface area (TPSA) is 114 Å². The normalized spacial score (nSPS) is 13.6. The summed E-state index contributed by atoms with van der Waals surface area (Å²) in [5.41, 5.74) is -0.701. The standard InChI is InChI=1S/C11H21N3O6/c1-6-13(7-9(15)16)14(18)12-20-8(2)19-10(17)11(3,4)5/h8H,6-7H2,1-5H3,(H,15,16)/b14-12-. The number of carboxylic acids is 1. The Morgan fingerprint density at radius 1 is 1.45 bits per heavy atom. The SMILES string of the molecule is CCN(CC(=O)O)/[N+]([O-])=N/OC(C)OC(=O)C(C)(C)C. The van der Waals surface area contributed by atoms with E-state index >= 15 is 0 Å². The molecule has 0 saturated heterocycles. The molecule has 20 heavy (non-hydrogen) atoms. The molecule has 0 aliphatic heterocycles. The van der Waals surface area contributed by atoms with E-state index in [0.29, 0.717) is 0 Å². The van der Waals surface area contributed by atoms with Gasteiger partial charge in [0.2, 0.25) is 5.28 Å². The first-order valence-corrected chi connectivity index (χ1v) is 6.09. The smallest absolute Gasteiger partial charge is 0.329 e. The molecule has 0 aromatic carbocycles. The van der Waals surface area contributed by atoms with Gasteiger partial charge in [-0.05, 0) is 27.7 Å². The van der Waals surface area contributed by atoms with Gasteiger partial charge in [0.05, 0.1) is 16.9 Å². The number of nitrogens with zero attached hydrogens (tertiary/aromatic N) is 3. The van der Waals surface area contributed by atoms with Gasteiger partial charge in [0.25, 0.3) is 6.29 Å². The minimum atomic E-state index is -1.17. The summed E-state index contributed by atoms with van der Waals surface area (Å²) in [4.78, 5) is 26.7. The molecule has 0 heterocycles. The highest BCUT2D eigenvalue weighted by Gasteiger charge is 2.26. The van der Waals surface area contributed by atoms with Crippen LogP contribution in [0.25, 0.3) is 0 Å². The van der Waals surface area contributed by atoms with Crippen LogP contribution in [-0.2, 0) is 19.2 Å². The van der Waals surface area contributed by atoms with E-state index in [4.69, 9.17) is 14.7 Å². The minimum absolute atomic E-state index is 0.00947. The number of rotatable bonds is 7. The Kier molecular flexibility index (Phi) is 6.74. The first-order valence-electron chi connectivity index (χ1n) is 6.09. The summed E-state index contributed by atoms with van der Waals surface area (Å²) in [7, 11) is 0. The molecule has 9 heteroatoms. The van der Waals surface area contributed by atoms with Gasteiger partial charge in [0.1, 0.15) is 0 Å². The van der Waals surface area contributed by atoms with Crippen molar-refractivity contribution in [2.45, 2.75) is 40.9 Å². The first-order chi connectivity index (χ1) is 9.07. The largest absolute Gasteiger partial charge is 0.569 e. The zero-order chi connectivity index (χ0) is 15.9. The van der Waals surface area contributed by atoms with E-state index in [9.17, 15) is 14.8 Å². The van der Waals surface area contributed by atoms with Crippen LogP contribution in [-0.4, -0.2) is 46.4 Å². The van der Waals surface area contributed by atoms with E-state index in [1.807, 2.05) is 0 Å². The van der Waals surface area contributed by atoms with Gasteiger partial charge in [-0.1, -0.05) is 0 Å². The fourth-order valence-electron chi connectivity index (χ4n) is 0.957. The highest BCUT2D eigenvalue weighted by Crippen LogP contribution is 2.16. The molecule has 116 valence electrons. The van der Waals surface area contributed by atoms with Crippen molar-refractivity contribution in [2.75, 3.05) is 13.1 Å². The Balaban J connectivity index is 4.46. The second-order valence-electron chi connectivity index (χ2n) is 5.04. The monoisotopic (exact) mass is 291 g/mol. The van der Waals surface area contributed by atoms with Crippen molar-refractivity contribution in [3.63, 3.8) is 0 Å². The van der Waals surface area contributed by atoms with E-state index < -0.39 is 30.2 Å². The highest BCUT2D eigenvalue weighted by atomic mass is 16.8. The van der Waals surface area contributed by atoms with Crippen LogP contribution in [0.1, 0.15) is 34.6 Å². The minimum Gasteiger partial charge on any atom is -0.569 e. The van der Waals surface area contributed by atoms with Gasteiger partial charge in [-0.2, -0.15) is 0 Å². The maximum atomic E-state index is 11.5.